The Balaban J connectivity index is 1.09. The van der Waals surface area contributed by atoms with E-state index in [0.717, 1.165) is 52.4 Å². The van der Waals surface area contributed by atoms with Crippen LogP contribution in [0.5, 0.6) is 5.75 Å². The molecule has 0 unspecified atom stereocenters. The van der Waals surface area contributed by atoms with E-state index in [2.05, 4.69) is 37.4 Å². The van der Waals surface area contributed by atoms with Gasteiger partial charge in [-0.2, -0.15) is 0 Å². The zero-order valence-corrected chi connectivity index (χ0v) is 23.2. The third kappa shape index (κ3) is 6.28. The third-order valence-corrected chi connectivity index (χ3v) is 7.97. The lowest BCUT2D eigenvalue weighted by Gasteiger charge is -2.18. The van der Waals surface area contributed by atoms with Crippen LogP contribution in [0, 0.1) is 11.8 Å². The molecule has 0 saturated carbocycles. The fourth-order valence-electron chi connectivity index (χ4n) is 4.66. The molecule has 2 atom stereocenters. The second-order valence-electron chi connectivity index (χ2n) is 9.60. The second kappa shape index (κ2) is 12.1. The van der Waals surface area contributed by atoms with Gasteiger partial charge in [-0.3, -0.25) is 10.3 Å². The largest absolute Gasteiger partial charge is 0.486 e. The van der Waals surface area contributed by atoms with Crippen molar-refractivity contribution in [2.24, 2.45) is 0 Å². The van der Waals surface area contributed by atoms with Crippen molar-refractivity contribution in [3.8, 4) is 17.6 Å². The number of likely N-dealkylation sites (tertiary alicyclic amines) is 1. The average molecular weight is 575 g/mol. The molecule has 0 bridgehead atoms. The molecular weight excluding hydrogens is 548 g/mol. The molecule has 0 radical (unpaired) electrons. The molecule has 5 heterocycles. The fraction of sp³-hybridized carbons (Fsp3) is 0.310. The highest BCUT2D eigenvalue weighted by molar-refractivity contribution is 7.19. The minimum absolute atomic E-state index is 0.0363. The molecule has 9 nitrogen and oxygen atoms in total. The van der Waals surface area contributed by atoms with Crippen LogP contribution >= 0.6 is 22.9 Å². The van der Waals surface area contributed by atoms with E-state index in [-0.39, 0.29) is 18.2 Å². The number of amides is 1. The van der Waals surface area contributed by atoms with E-state index in [1.807, 2.05) is 36.4 Å². The summed E-state index contributed by atoms with van der Waals surface area (Å²) in [5.41, 5.74) is 1.60. The SMILES string of the molecule is O=C(O[C@@H]1CN[C@@H](C#Cc2cc3c(Nc4ccc(OCc5ccccn5)c(Cl)c4)ncnc3s2)C1)N1CCCC1. The summed E-state index contributed by atoms with van der Waals surface area (Å²) in [7, 11) is 0. The van der Waals surface area contributed by atoms with Crippen LogP contribution in [0.15, 0.2) is 55.0 Å². The van der Waals surface area contributed by atoms with Crippen molar-refractivity contribution in [2.45, 2.75) is 38.0 Å². The molecule has 204 valence electrons. The maximum absolute atomic E-state index is 12.3. The van der Waals surface area contributed by atoms with E-state index in [1.165, 1.54) is 17.7 Å². The van der Waals surface area contributed by atoms with Crippen molar-refractivity contribution in [3.05, 3.63) is 70.6 Å². The molecule has 2 saturated heterocycles. The van der Waals surface area contributed by atoms with Gasteiger partial charge < -0.3 is 19.7 Å². The van der Waals surface area contributed by atoms with Gasteiger partial charge in [0.1, 0.15) is 35.4 Å². The van der Waals surface area contributed by atoms with Gasteiger partial charge in [0.05, 0.1) is 27.0 Å². The fourth-order valence-corrected chi connectivity index (χ4v) is 5.76. The molecule has 4 aromatic rings. The molecule has 2 N–H and O–H groups in total. The number of ether oxygens (including phenoxy) is 2. The maximum atomic E-state index is 12.3. The number of carbonyl (C=O) groups excluding carboxylic acids is 1. The van der Waals surface area contributed by atoms with Crippen LogP contribution in [-0.4, -0.2) is 57.7 Å². The first-order valence-corrected chi connectivity index (χ1v) is 14.3. The number of pyridine rings is 1. The number of benzene rings is 1. The predicted octanol–water partition coefficient (Wildman–Crippen LogP) is 5.38. The van der Waals surface area contributed by atoms with Gasteiger partial charge in [0, 0.05) is 37.9 Å². The summed E-state index contributed by atoms with van der Waals surface area (Å²) < 4.78 is 11.5. The van der Waals surface area contributed by atoms with Crippen molar-refractivity contribution in [1.82, 2.24) is 25.2 Å². The molecule has 2 aliphatic rings. The zero-order chi connectivity index (χ0) is 27.3. The van der Waals surface area contributed by atoms with Gasteiger partial charge in [0.2, 0.25) is 0 Å². The van der Waals surface area contributed by atoms with Crippen molar-refractivity contribution in [3.63, 3.8) is 0 Å². The quantitative estimate of drug-likeness (QED) is 0.296. The summed E-state index contributed by atoms with van der Waals surface area (Å²) in [5, 5.41) is 8.04. The van der Waals surface area contributed by atoms with Crippen LogP contribution in [0.4, 0.5) is 16.3 Å². The van der Waals surface area contributed by atoms with Crippen LogP contribution in [0.25, 0.3) is 10.2 Å². The number of nitrogens with one attached hydrogen (secondary N) is 2. The summed E-state index contributed by atoms with van der Waals surface area (Å²) in [4.78, 5) is 28.9. The Bertz CT molecular complexity index is 1560. The number of rotatable bonds is 6. The highest BCUT2D eigenvalue weighted by atomic mass is 35.5. The number of hydrogen-bond donors (Lipinski definition) is 2. The van der Waals surface area contributed by atoms with Crippen LogP contribution in [0.1, 0.15) is 29.8 Å². The molecule has 3 aromatic heterocycles. The minimum atomic E-state index is -0.214. The summed E-state index contributed by atoms with van der Waals surface area (Å²) in [5.74, 6) is 7.78. The molecule has 1 aromatic carbocycles. The van der Waals surface area contributed by atoms with Gasteiger partial charge in [-0.05, 0) is 49.2 Å². The number of carbonyl (C=O) groups is 1. The van der Waals surface area contributed by atoms with Crippen LogP contribution in [0.2, 0.25) is 5.02 Å². The van der Waals surface area contributed by atoms with E-state index in [1.54, 1.807) is 17.2 Å². The van der Waals surface area contributed by atoms with Gasteiger partial charge in [-0.25, -0.2) is 14.8 Å². The van der Waals surface area contributed by atoms with Crippen LogP contribution in [0.3, 0.4) is 0 Å². The van der Waals surface area contributed by atoms with Crippen LogP contribution < -0.4 is 15.4 Å². The molecule has 40 heavy (non-hydrogen) atoms. The Morgan fingerprint density at radius 3 is 2.90 bits per heavy atom. The van der Waals surface area contributed by atoms with E-state index in [4.69, 9.17) is 21.1 Å². The molecule has 11 heteroatoms. The van der Waals surface area contributed by atoms with E-state index in [9.17, 15) is 4.79 Å². The number of thiophene rings is 1. The number of anilines is 2. The molecule has 6 rings (SSSR count). The first-order valence-electron chi connectivity index (χ1n) is 13.1. The third-order valence-electron chi connectivity index (χ3n) is 6.72. The zero-order valence-electron chi connectivity index (χ0n) is 21.6. The lowest BCUT2D eigenvalue weighted by Crippen LogP contribution is -2.32. The number of aromatic nitrogens is 3. The van der Waals surface area contributed by atoms with Crippen LogP contribution in [-0.2, 0) is 11.3 Å². The van der Waals surface area contributed by atoms with Crippen molar-refractivity contribution < 1.29 is 14.3 Å². The minimum Gasteiger partial charge on any atom is -0.486 e. The molecule has 1 amide bonds. The lowest BCUT2D eigenvalue weighted by molar-refractivity contribution is 0.0763. The number of halogens is 1. The average Bonchev–Trinajstić information content (AvgIpc) is 3.74. The van der Waals surface area contributed by atoms with Gasteiger partial charge >= 0.3 is 6.09 Å². The topological polar surface area (TPSA) is 102 Å². The number of hydrogen-bond acceptors (Lipinski definition) is 9. The smallest absolute Gasteiger partial charge is 0.410 e. The Hall–Kier alpha value is -3.91. The van der Waals surface area contributed by atoms with Gasteiger partial charge in [-0.15, -0.1) is 11.3 Å². The Kier molecular flexibility index (Phi) is 7.95. The van der Waals surface area contributed by atoms with Gasteiger partial charge in [0.25, 0.3) is 0 Å². The molecule has 2 fully saturated rings. The molecule has 0 spiro atoms. The van der Waals surface area contributed by atoms with Gasteiger partial charge in [-0.1, -0.05) is 29.5 Å². The summed E-state index contributed by atoms with van der Waals surface area (Å²) in [6, 6.07) is 13.1. The highest BCUT2D eigenvalue weighted by Gasteiger charge is 2.28. The Labute approximate surface area is 240 Å². The van der Waals surface area contributed by atoms with E-state index >= 15 is 0 Å². The molecule has 2 aliphatic heterocycles. The number of fused-ring (bicyclic) bond motifs is 1. The summed E-state index contributed by atoms with van der Waals surface area (Å²) in [6.45, 7) is 2.51. The first-order chi connectivity index (χ1) is 19.6. The second-order valence-corrected chi connectivity index (χ2v) is 11.0. The van der Waals surface area contributed by atoms with E-state index < -0.39 is 0 Å². The standard InChI is InChI=1S/C29H27ClN6O3S/c30-25-14-20(7-9-26(25)38-17-21-5-1-2-10-31-21)35-27-24-15-23(40-28(24)34-18-33-27)8-6-19-13-22(16-32-19)39-29(37)36-11-3-4-12-36/h1-2,5,7,9-10,14-15,18-19,22,32H,3-4,11-13,16-17H2,(H,33,34,35)/t19-,22-/m0/s1. The predicted molar refractivity (Wildman–Crippen MR) is 155 cm³/mol. The maximum Gasteiger partial charge on any atom is 0.410 e. The lowest BCUT2D eigenvalue weighted by atomic mass is 10.2. The Morgan fingerprint density at radius 1 is 1.18 bits per heavy atom. The van der Waals surface area contributed by atoms with Gasteiger partial charge in [0.15, 0.2) is 0 Å². The van der Waals surface area contributed by atoms with Crippen molar-refractivity contribution in [1.29, 1.82) is 0 Å². The summed E-state index contributed by atoms with van der Waals surface area (Å²) >= 11 is 8.00. The van der Waals surface area contributed by atoms with Crippen molar-refractivity contribution >= 4 is 50.8 Å². The Morgan fingerprint density at radius 2 is 2.08 bits per heavy atom. The van der Waals surface area contributed by atoms with E-state index in [0.29, 0.717) is 36.2 Å². The number of nitrogens with zero attached hydrogens (tertiary/aromatic N) is 4. The normalized spacial score (nSPS) is 18.4. The highest BCUT2D eigenvalue weighted by Crippen LogP contribution is 2.33. The summed E-state index contributed by atoms with van der Waals surface area (Å²) in [6.07, 6.45) is 5.65. The molecular formula is C29H27ClN6O3S. The molecule has 0 aliphatic carbocycles. The first kappa shape index (κ1) is 26.3. The monoisotopic (exact) mass is 574 g/mol. The van der Waals surface area contributed by atoms with Crippen molar-refractivity contribution in [2.75, 3.05) is 25.0 Å².